The topological polar surface area (TPSA) is 49.9 Å². The fraction of sp³-hybridized carbons (Fsp3) is 0.308. The molecule has 1 aromatic carbocycles. The molecule has 0 saturated carbocycles. The summed E-state index contributed by atoms with van der Waals surface area (Å²) in [7, 11) is 1.93. The summed E-state index contributed by atoms with van der Waals surface area (Å²) in [5.74, 6) is 0.894. The Kier molecular flexibility index (Phi) is 3.77. The third-order valence-corrected chi connectivity index (χ3v) is 2.54. The first kappa shape index (κ1) is 11.7. The van der Waals surface area contributed by atoms with Gasteiger partial charge in [-0.2, -0.15) is 5.10 Å². The van der Waals surface area contributed by atoms with Crippen LogP contribution in [0.4, 0.5) is 0 Å². The zero-order valence-electron chi connectivity index (χ0n) is 10.2. The fourth-order valence-electron chi connectivity index (χ4n) is 1.77. The molecule has 2 N–H and O–H groups in total. The molecule has 0 aliphatic carbocycles. The smallest absolute Gasteiger partial charge is 0.119 e. The Morgan fingerprint density at radius 2 is 2.06 bits per heavy atom. The average molecular weight is 231 g/mol. The van der Waals surface area contributed by atoms with Gasteiger partial charge in [0.15, 0.2) is 0 Å². The Hall–Kier alpha value is -1.81. The lowest BCUT2D eigenvalue weighted by Crippen LogP contribution is -2.05. The summed E-state index contributed by atoms with van der Waals surface area (Å²) in [6.45, 7) is 3.47. The molecule has 4 heteroatoms. The van der Waals surface area contributed by atoms with Crippen LogP contribution < -0.4 is 10.1 Å². The summed E-state index contributed by atoms with van der Waals surface area (Å²) in [5.41, 5.74) is 3.34. The largest absolute Gasteiger partial charge is 0.494 e. The number of aromatic amines is 1. The summed E-state index contributed by atoms with van der Waals surface area (Å²) in [6.07, 6.45) is 1.85. The molecule has 17 heavy (non-hydrogen) atoms. The molecule has 0 radical (unpaired) electrons. The Balaban J connectivity index is 2.23. The molecule has 0 unspecified atom stereocenters. The van der Waals surface area contributed by atoms with Crippen molar-refractivity contribution in [2.24, 2.45) is 0 Å². The Morgan fingerprint density at radius 3 is 2.71 bits per heavy atom. The van der Waals surface area contributed by atoms with Gasteiger partial charge in [0.1, 0.15) is 5.75 Å². The molecular formula is C13H17N3O. The van der Waals surface area contributed by atoms with Crippen molar-refractivity contribution < 1.29 is 4.74 Å². The molecule has 1 aromatic heterocycles. The molecule has 0 saturated heterocycles. The Bertz CT molecular complexity index is 462. The van der Waals surface area contributed by atoms with Gasteiger partial charge in [0.25, 0.3) is 0 Å². The first-order valence-corrected chi connectivity index (χ1v) is 5.75. The minimum absolute atomic E-state index is 0.689. The van der Waals surface area contributed by atoms with E-state index >= 15 is 0 Å². The van der Waals surface area contributed by atoms with Gasteiger partial charge in [0.05, 0.1) is 18.5 Å². The Labute approximate surface area is 101 Å². The summed E-state index contributed by atoms with van der Waals surface area (Å²) in [6, 6.07) is 8.03. The van der Waals surface area contributed by atoms with Crippen LogP contribution in [-0.2, 0) is 6.54 Å². The highest BCUT2D eigenvalue weighted by Crippen LogP contribution is 2.23. The summed E-state index contributed by atoms with van der Waals surface area (Å²) in [5, 5.41) is 10.2. The van der Waals surface area contributed by atoms with Crippen LogP contribution in [0.3, 0.4) is 0 Å². The zero-order chi connectivity index (χ0) is 12.1. The summed E-state index contributed by atoms with van der Waals surface area (Å²) in [4.78, 5) is 0. The van der Waals surface area contributed by atoms with Crippen LogP contribution >= 0.6 is 0 Å². The molecule has 0 spiro atoms. The second kappa shape index (κ2) is 5.50. The number of rotatable bonds is 5. The van der Waals surface area contributed by atoms with Crippen LogP contribution in [0, 0.1) is 0 Å². The maximum atomic E-state index is 5.42. The second-order valence-electron chi connectivity index (χ2n) is 3.76. The monoisotopic (exact) mass is 231 g/mol. The number of ether oxygens (including phenoxy) is 1. The maximum Gasteiger partial charge on any atom is 0.119 e. The molecule has 0 amide bonds. The van der Waals surface area contributed by atoms with Crippen molar-refractivity contribution in [1.82, 2.24) is 15.5 Å². The van der Waals surface area contributed by atoms with Gasteiger partial charge in [0, 0.05) is 17.7 Å². The number of nitrogens with zero attached hydrogens (tertiary/aromatic N) is 1. The van der Waals surface area contributed by atoms with Crippen LogP contribution in [0.5, 0.6) is 5.75 Å². The normalized spacial score (nSPS) is 10.5. The number of nitrogens with one attached hydrogen (secondary N) is 2. The standard InChI is InChI=1S/C13H17N3O/c1-3-17-12-6-4-10(5-7-12)13-11(8-14-2)9-15-16-13/h4-7,9,14H,3,8H2,1-2H3,(H,15,16). The molecule has 4 nitrogen and oxygen atoms in total. The van der Waals surface area contributed by atoms with Crippen LogP contribution in [0.2, 0.25) is 0 Å². The van der Waals surface area contributed by atoms with Crippen molar-refractivity contribution in [3.8, 4) is 17.0 Å². The predicted octanol–water partition coefficient (Wildman–Crippen LogP) is 2.19. The molecule has 1 heterocycles. The van der Waals surface area contributed by atoms with E-state index in [0.29, 0.717) is 6.61 Å². The molecule has 0 bridgehead atoms. The third-order valence-electron chi connectivity index (χ3n) is 2.54. The van der Waals surface area contributed by atoms with Crippen molar-refractivity contribution >= 4 is 0 Å². The van der Waals surface area contributed by atoms with E-state index in [2.05, 4.69) is 15.5 Å². The van der Waals surface area contributed by atoms with Gasteiger partial charge in [0.2, 0.25) is 0 Å². The van der Waals surface area contributed by atoms with E-state index in [0.717, 1.165) is 29.1 Å². The fourth-order valence-corrected chi connectivity index (χ4v) is 1.77. The van der Waals surface area contributed by atoms with Crippen molar-refractivity contribution in [2.45, 2.75) is 13.5 Å². The van der Waals surface area contributed by atoms with Gasteiger partial charge < -0.3 is 10.1 Å². The van der Waals surface area contributed by atoms with Gasteiger partial charge in [-0.15, -0.1) is 0 Å². The molecular weight excluding hydrogens is 214 g/mol. The van der Waals surface area contributed by atoms with Crippen molar-refractivity contribution in [3.05, 3.63) is 36.0 Å². The van der Waals surface area contributed by atoms with E-state index in [1.165, 1.54) is 0 Å². The van der Waals surface area contributed by atoms with Crippen molar-refractivity contribution in [3.63, 3.8) is 0 Å². The molecule has 2 rings (SSSR count). The highest BCUT2D eigenvalue weighted by atomic mass is 16.5. The van der Waals surface area contributed by atoms with Crippen molar-refractivity contribution in [1.29, 1.82) is 0 Å². The van der Waals surface area contributed by atoms with E-state index in [-0.39, 0.29) is 0 Å². The van der Waals surface area contributed by atoms with Gasteiger partial charge in [-0.25, -0.2) is 0 Å². The van der Waals surface area contributed by atoms with Gasteiger partial charge in [-0.05, 0) is 38.2 Å². The zero-order valence-corrected chi connectivity index (χ0v) is 10.2. The van der Waals surface area contributed by atoms with E-state index < -0.39 is 0 Å². The quantitative estimate of drug-likeness (QED) is 0.829. The predicted molar refractivity (Wildman–Crippen MR) is 68.0 cm³/mol. The number of benzene rings is 1. The van der Waals surface area contributed by atoms with Gasteiger partial charge in [-0.1, -0.05) is 0 Å². The van der Waals surface area contributed by atoms with E-state index in [4.69, 9.17) is 4.74 Å². The molecule has 0 fully saturated rings. The summed E-state index contributed by atoms with van der Waals surface area (Å²) >= 11 is 0. The molecule has 0 atom stereocenters. The summed E-state index contributed by atoms with van der Waals surface area (Å²) < 4.78 is 5.42. The SMILES string of the molecule is CCOc1ccc(-c2[nH]ncc2CNC)cc1. The van der Waals surface area contributed by atoms with E-state index in [9.17, 15) is 0 Å². The minimum Gasteiger partial charge on any atom is -0.494 e. The first-order chi connectivity index (χ1) is 8.35. The molecule has 2 aromatic rings. The lowest BCUT2D eigenvalue weighted by molar-refractivity contribution is 0.340. The second-order valence-corrected chi connectivity index (χ2v) is 3.76. The number of hydrogen-bond acceptors (Lipinski definition) is 3. The molecule has 90 valence electrons. The van der Waals surface area contributed by atoms with Crippen LogP contribution in [0.25, 0.3) is 11.3 Å². The Morgan fingerprint density at radius 1 is 1.29 bits per heavy atom. The van der Waals surface area contributed by atoms with Crippen LogP contribution in [0.1, 0.15) is 12.5 Å². The minimum atomic E-state index is 0.689. The number of hydrogen-bond donors (Lipinski definition) is 2. The number of H-pyrrole nitrogens is 1. The third kappa shape index (κ3) is 2.65. The van der Waals surface area contributed by atoms with E-state index in [1.807, 2.05) is 44.4 Å². The van der Waals surface area contributed by atoms with Crippen LogP contribution in [0.15, 0.2) is 30.5 Å². The first-order valence-electron chi connectivity index (χ1n) is 5.75. The van der Waals surface area contributed by atoms with E-state index in [1.54, 1.807) is 0 Å². The number of aromatic nitrogens is 2. The maximum absolute atomic E-state index is 5.42. The van der Waals surface area contributed by atoms with Gasteiger partial charge in [-0.3, -0.25) is 5.10 Å². The highest BCUT2D eigenvalue weighted by Gasteiger charge is 2.06. The highest BCUT2D eigenvalue weighted by molar-refractivity contribution is 5.63. The molecule has 0 aliphatic heterocycles. The van der Waals surface area contributed by atoms with Crippen molar-refractivity contribution in [2.75, 3.05) is 13.7 Å². The van der Waals surface area contributed by atoms with Crippen LogP contribution in [-0.4, -0.2) is 23.9 Å². The lowest BCUT2D eigenvalue weighted by atomic mass is 10.1. The molecule has 0 aliphatic rings. The van der Waals surface area contributed by atoms with Gasteiger partial charge >= 0.3 is 0 Å². The average Bonchev–Trinajstić information content (AvgIpc) is 2.79. The lowest BCUT2D eigenvalue weighted by Gasteiger charge is -2.05.